The van der Waals surface area contributed by atoms with E-state index in [0.29, 0.717) is 0 Å². The van der Waals surface area contributed by atoms with Gasteiger partial charge < -0.3 is 5.11 Å². The van der Waals surface area contributed by atoms with E-state index in [1.807, 2.05) is 47.6 Å². The Morgan fingerprint density at radius 3 is 2.12 bits per heavy atom. The fourth-order valence-corrected chi connectivity index (χ4v) is 3.31. The summed E-state index contributed by atoms with van der Waals surface area (Å²) in [5.41, 5.74) is 0.296. The fraction of sp³-hybridized carbons (Fsp3) is 0.591. The van der Waals surface area contributed by atoms with Crippen LogP contribution < -0.4 is 0 Å². The van der Waals surface area contributed by atoms with Gasteiger partial charge in [-0.15, -0.1) is 0 Å². The van der Waals surface area contributed by atoms with Crippen molar-refractivity contribution in [3.05, 3.63) is 34.4 Å². The Labute approximate surface area is 157 Å². The maximum absolute atomic E-state index is 13.0. The van der Waals surface area contributed by atoms with Crippen molar-refractivity contribution < 1.29 is 19.5 Å². The molecule has 1 aliphatic rings. The van der Waals surface area contributed by atoms with Crippen molar-refractivity contribution >= 4 is 17.3 Å². The first kappa shape index (κ1) is 22.2. The zero-order chi connectivity index (χ0) is 20.2. The largest absolute Gasteiger partial charge is 0.377 e. The van der Waals surface area contributed by atoms with E-state index >= 15 is 0 Å². The second-order valence-electron chi connectivity index (χ2n) is 8.13. The molecule has 0 radical (unpaired) electrons. The molecule has 0 aromatic carbocycles. The highest BCUT2D eigenvalue weighted by molar-refractivity contribution is 6.26. The Balaban J connectivity index is 3.41. The molecular weight excluding hydrogens is 328 g/mol. The first-order valence-corrected chi connectivity index (χ1v) is 9.24. The Bertz CT molecular complexity index is 683. The molecule has 1 aliphatic carbocycles. The molecule has 4 nitrogen and oxygen atoms in total. The zero-order valence-corrected chi connectivity index (χ0v) is 17.1. The third-order valence-corrected chi connectivity index (χ3v) is 4.77. The van der Waals surface area contributed by atoms with Gasteiger partial charge in [-0.05, 0) is 52.5 Å². The average molecular weight is 360 g/mol. The van der Waals surface area contributed by atoms with Crippen molar-refractivity contribution in [3.8, 4) is 0 Å². The van der Waals surface area contributed by atoms with Crippen LogP contribution >= 0.6 is 0 Å². The van der Waals surface area contributed by atoms with E-state index in [2.05, 4.69) is 0 Å². The summed E-state index contributed by atoms with van der Waals surface area (Å²) in [6, 6.07) is 0. The lowest BCUT2D eigenvalue weighted by molar-refractivity contribution is -0.141. The van der Waals surface area contributed by atoms with Crippen LogP contribution in [-0.4, -0.2) is 28.1 Å². The molecule has 0 amide bonds. The van der Waals surface area contributed by atoms with Crippen LogP contribution in [-0.2, 0) is 14.4 Å². The number of aliphatic hydroxyl groups is 1. The number of carbonyl (C=O) groups is 3. The first-order valence-electron chi connectivity index (χ1n) is 9.24. The molecule has 2 atom stereocenters. The Kier molecular flexibility index (Phi) is 7.45. The van der Waals surface area contributed by atoms with E-state index < -0.39 is 23.1 Å². The lowest BCUT2D eigenvalue weighted by atomic mass is 9.79. The van der Waals surface area contributed by atoms with Crippen LogP contribution in [0.2, 0.25) is 0 Å². The zero-order valence-electron chi connectivity index (χ0n) is 17.1. The Morgan fingerprint density at radius 1 is 1.12 bits per heavy atom. The maximum atomic E-state index is 13.0. The number of Topliss-reactive ketones (excluding diaryl/α,β-unsaturated/α-hetero) is 3. The molecule has 0 saturated carbocycles. The van der Waals surface area contributed by atoms with Gasteiger partial charge in [0.15, 0.2) is 23.0 Å². The smallest absolute Gasteiger partial charge is 0.173 e. The molecule has 4 heteroatoms. The normalized spacial score (nSPS) is 22.7. The molecule has 0 spiro atoms. The maximum Gasteiger partial charge on any atom is 0.173 e. The number of hydrogen-bond acceptors (Lipinski definition) is 4. The van der Waals surface area contributed by atoms with Gasteiger partial charge in [0.25, 0.3) is 0 Å². The van der Waals surface area contributed by atoms with Crippen molar-refractivity contribution in [3.63, 3.8) is 0 Å². The number of carbonyl (C=O) groups excluding carboxylic acids is 3. The van der Waals surface area contributed by atoms with Gasteiger partial charge in [0.05, 0.1) is 11.5 Å². The first-order chi connectivity index (χ1) is 11.9. The molecule has 0 aromatic rings. The van der Waals surface area contributed by atoms with Gasteiger partial charge in [-0.3, -0.25) is 14.4 Å². The molecule has 1 N–H and O–H groups in total. The lowest BCUT2D eigenvalue weighted by Crippen LogP contribution is -2.45. The van der Waals surface area contributed by atoms with Crippen molar-refractivity contribution in [2.45, 2.75) is 73.3 Å². The average Bonchev–Trinajstić information content (AvgIpc) is 2.69. The third-order valence-electron chi connectivity index (χ3n) is 4.77. The van der Waals surface area contributed by atoms with E-state index in [1.165, 1.54) is 0 Å². The summed E-state index contributed by atoms with van der Waals surface area (Å²) < 4.78 is 0. The SMILES string of the molecule is CC(C)=CCC(=O)[C@@]1(O)C(C)=C(C(=O)CC(C)C)C(=O)[C@@H]1CC=C(C)C. The van der Waals surface area contributed by atoms with Crippen molar-refractivity contribution in [1.29, 1.82) is 0 Å². The van der Waals surface area contributed by atoms with Gasteiger partial charge in [0, 0.05) is 12.8 Å². The van der Waals surface area contributed by atoms with E-state index in [1.54, 1.807) is 13.0 Å². The summed E-state index contributed by atoms with van der Waals surface area (Å²) in [7, 11) is 0. The highest BCUT2D eigenvalue weighted by Gasteiger charge is 2.55. The highest BCUT2D eigenvalue weighted by atomic mass is 16.3. The lowest BCUT2D eigenvalue weighted by Gasteiger charge is -2.29. The molecule has 0 bridgehead atoms. The summed E-state index contributed by atoms with van der Waals surface area (Å²) in [4.78, 5) is 38.4. The number of allylic oxidation sites excluding steroid dienone is 5. The Hall–Kier alpha value is -1.81. The molecular formula is C22H32O4. The molecule has 0 aromatic heterocycles. The number of ketones is 3. The van der Waals surface area contributed by atoms with E-state index in [0.717, 1.165) is 11.1 Å². The van der Waals surface area contributed by atoms with Gasteiger partial charge >= 0.3 is 0 Å². The molecule has 26 heavy (non-hydrogen) atoms. The molecule has 0 aliphatic heterocycles. The van der Waals surface area contributed by atoms with Crippen LogP contribution in [0.4, 0.5) is 0 Å². The molecule has 1 rings (SSSR count). The predicted octanol–water partition coefficient (Wildman–Crippen LogP) is 4.13. The van der Waals surface area contributed by atoms with Gasteiger partial charge in [-0.2, -0.15) is 0 Å². The second-order valence-corrected chi connectivity index (χ2v) is 8.13. The van der Waals surface area contributed by atoms with Gasteiger partial charge in [-0.1, -0.05) is 37.1 Å². The van der Waals surface area contributed by atoms with E-state index in [4.69, 9.17) is 0 Å². The summed E-state index contributed by atoms with van der Waals surface area (Å²) >= 11 is 0. The quantitative estimate of drug-likeness (QED) is 0.522. The Morgan fingerprint density at radius 2 is 1.65 bits per heavy atom. The van der Waals surface area contributed by atoms with Gasteiger partial charge in [0.1, 0.15) is 0 Å². The second kappa shape index (κ2) is 8.72. The third kappa shape index (κ3) is 4.67. The standard InChI is InChI=1S/C22H32O4/c1-13(2)8-10-17-21(25)20(18(23)12-15(5)6)16(7)22(17,26)19(24)11-9-14(3)4/h8-9,15,17,26H,10-12H2,1-7H3/t17-,22+/m0/s1. The van der Waals surface area contributed by atoms with Gasteiger partial charge in [-0.25, -0.2) is 0 Å². The van der Waals surface area contributed by atoms with Crippen molar-refractivity contribution in [1.82, 2.24) is 0 Å². The molecule has 0 fully saturated rings. The van der Waals surface area contributed by atoms with E-state index in [-0.39, 0.29) is 42.1 Å². The monoisotopic (exact) mass is 360 g/mol. The predicted molar refractivity (Wildman–Crippen MR) is 104 cm³/mol. The topological polar surface area (TPSA) is 71.4 Å². The van der Waals surface area contributed by atoms with Crippen LogP contribution in [0.25, 0.3) is 0 Å². The molecule has 0 heterocycles. The minimum absolute atomic E-state index is 0.0268. The summed E-state index contributed by atoms with van der Waals surface area (Å²) in [5, 5.41) is 11.3. The molecule has 0 saturated heterocycles. The highest BCUT2D eigenvalue weighted by Crippen LogP contribution is 2.42. The van der Waals surface area contributed by atoms with Crippen LogP contribution in [0, 0.1) is 11.8 Å². The minimum atomic E-state index is -1.91. The molecule has 144 valence electrons. The number of hydrogen-bond donors (Lipinski definition) is 1. The molecule has 0 unspecified atom stereocenters. The summed E-state index contributed by atoms with van der Waals surface area (Å²) in [5.74, 6) is -1.94. The summed E-state index contributed by atoms with van der Waals surface area (Å²) in [6.07, 6.45) is 4.09. The number of rotatable bonds is 8. The van der Waals surface area contributed by atoms with Crippen LogP contribution in [0.3, 0.4) is 0 Å². The van der Waals surface area contributed by atoms with Crippen molar-refractivity contribution in [2.75, 3.05) is 0 Å². The minimum Gasteiger partial charge on any atom is -0.377 e. The summed E-state index contributed by atoms with van der Waals surface area (Å²) in [6.45, 7) is 12.9. The van der Waals surface area contributed by atoms with Crippen LogP contribution in [0.1, 0.15) is 67.7 Å². The van der Waals surface area contributed by atoms with Crippen molar-refractivity contribution in [2.24, 2.45) is 11.8 Å². The van der Waals surface area contributed by atoms with Gasteiger partial charge in [0.2, 0.25) is 0 Å². The fourth-order valence-electron chi connectivity index (χ4n) is 3.31. The van der Waals surface area contributed by atoms with E-state index in [9.17, 15) is 19.5 Å². The van der Waals surface area contributed by atoms with Crippen LogP contribution in [0.5, 0.6) is 0 Å². The van der Waals surface area contributed by atoms with Crippen LogP contribution in [0.15, 0.2) is 34.4 Å².